The smallest absolute Gasteiger partial charge is 0.187 e. The maximum absolute atomic E-state index is 14.1. The molecule has 2 unspecified atom stereocenters. The largest absolute Gasteiger partial charge is 0.397 e. The van der Waals surface area contributed by atoms with Gasteiger partial charge in [-0.1, -0.05) is 0 Å². The SMILES string of the molecule is Nc1ccc(-c2ncccc2F)nc1C(=O)Cc1cnccc1N1CCC(N)C(O)C1. The van der Waals surface area contributed by atoms with Crippen molar-refractivity contribution in [3.05, 3.63) is 66.0 Å². The standard InChI is InChI=1S/C22H23FN6O2/c23-14-2-1-7-27-21(14)17-4-3-16(25)22(28-17)19(30)10-13-11-26-8-5-18(13)29-9-6-15(24)20(31)12-29/h1-5,7-8,11,15,20,31H,6,9-10,12,24-25H2. The molecule has 8 nitrogen and oxygen atoms in total. The molecule has 9 heteroatoms. The lowest BCUT2D eigenvalue weighted by molar-refractivity contribution is 0.0989. The van der Waals surface area contributed by atoms with Crippen LogP contribution in [0.3, 0.4) is 0 Å². The Morgan fingerprint density at radius 3 is 2.87 bits per heavy atom. The van der Waals surface area contributed by atoms with Crippen molar-refractivity contribution in [2.24, 2.45) is 5.73 Å². The van der Waals surface area contributed by atoms with E-state index in [1.807, 2.05) is 11.0 Å². The number of anilines is 2. The van der Waals surface area contributed by atoms with Crippen molar-refractivity contribution in [2.75, 3.05) is 23.7 Å². The highest BCUT2D eigenvalue weighted by Crippen LogP contribution is 2.26. The molecule has 160 valence electrons. The van der Waals surface area contributed by atoms with Gasteiger partial charge >= 0.3 is 0 Å². The number of hydrogen-bond acceptors (Lipinski definition) is 8. The molecule has 1 aliphatic heterocycles. The monoisotopic (exact) mass is 422 g/mol. The number of Topliss-reactive ketones (excluding diaryl/α,β-unsaturated/α-hetero) is 1. The van der Waals surface area contributed by atoms with Gasteiger partial charge in [-0.15, -0.1) is 0 Å². The number of halogens is 1. The van der Waals surface area contributed by atoms with Crippen LogP contribution in [0.25, 0.3) is 11.4 Å². The van der Waals surface area contributed by atoms with Crippen molar-refractivity contribution in [3.8, 4) is 11.4 Å². The Labute approximate surface area is 178 Å². The molecule has 2 atom stereocenters. The molecule has 4 rings (SSSR count). The predicted octanol–water partition coefficient (Wildman–Crippen LogP) is 1.58. The van der Waals surface area contributed by atoms with Crippen molar-refractivity contribution in [1.29, 1.82) is 0 Å². The molecule has 4 heterocycles. The van der Waals surface area contributed by atoms with Crippen LogP contribution >= 0.6 is 0 Å². The van der Waals surface area contributed by atoms with Crippen LogP contribution in [0.2, 0.25) is 0 Å². The third-order valence-electron chi connectivity index (χ3n) is 5.40. The predicted molar refractivity (Wildman–Crippen MR) is 115 cm³/mol. The summed E-state index contributed by atoms with van der Waals surface area (Å²) in [6.07, 6.45) is 4.72. The van der Waals surface area contributed by atoms with Gasteiger partial charge in [-0.3, -0.25) is 14.8 Å². The van der Waals surface area contributed by atoms with Gasteiger partial charge in [0, 0.05) is 55.4 Å². The van der Waals surface area contributed by atoms with E-state index in [0.29, 0.717) is 25.1 Å². The Morgan fingerprint density at radius 1 is 1.26 bits per heavy atom. The van der Waals surface area contributed by atoms with Crippen LogP contribution in [0.15, 0.2) is 48.9 Å². The Kier molecular flexibility index (Phi) is 5.88. The molecule has 0 saturated carbocycles. The molecule has 5 N–H and O–H groups in total. The van der Waals surface area contributed by atoms with Crippen molar-refractivity contribution >= 4 is 17.2 Å². The van der Waals surface area contributed by atoms with Crippen LogP contribution in [0, 0.1) is 5.82 Å². The second-order valence-corrected chi connectivity index (χ2v) is 7.54. The summed E-state index contributed by atoms with van der Waals surface area (Å²) in [7, 11) is 0. The summed E-state index contributed by atoms with van der Waals surface area (Å²) in [4.78, 5) is 27.5. The average molecular weight is 422 g/mol. The number of ketones is 1. The first-order valence-electron chi connectivity index (χ1n) is 9.96. The highest BCUT2D eigenvalue weighted by atomic mass is 19.1. The van der Waals surface area contributed by atoms with Gasteiger partial charge in [0.25, 0.3) is 0 Å². The number of aliphatic hydroxyl groups excluding tert-OH is 1. The van der Waals surface area contributed by atoms with E-state index in [1.54, 1.807) is 12.4 Å². The number of pyridine rings is 3. The molecule has 3 aromatic rings. The van der Waals surface area contributed by atoms with Gasteiger partial charge in [0.15, 0.2) is 11.6 Å². The molecule has 0 bridgehead atoms. The van der Waals surface area contributed by atoms with Crippen LogP contribution in [-0.2, 0) is 6.42 Å². The van der Waals surface area contributed by atoms with Crippen molar-refractivity contribution in [3.63, 3.8) is 0 Å². The van der Waals surface area contributed by atoms with Gasteiger partial charge in [-0.05, 0) is 36.8 Å². The van der Waals surface area contributed by atoms with Gasteiger partial charge in [0.1, 0.15) is 11.4 Å². The van der Waals surface area contributed by atoms with Crippen molar-refractivity contribution in [2.45, 2.75) is 25.0 Å². The number of carbonyl (C=O) groups excluding carboxylic acids is 1. The molecular formula is C22H23FN6O2. The number of carbonyl (C=O) groups is 1. The second kappa shape index (κ2) is 8.75. The van der Waals surface area contributed by atoms with E-state index in [2.05, 4.69) is 15.0 Å². The first-order chi connectivity index (χ1) is 14.9. The Morgan fingerprint density at radius 2 is 2.10 bits per heavy atom. The highest BCUT2D eigenvalue weighted by Gasteiger charge is 2.27. The molecule has 0 aliphatic carbocycles. The summed E-state index contributed by atoms with van der Waals surface area (Å²) in [5.74, 6) is -0.853. The number of β-amino-alcohol motifs (C(OH)–C–C–N with tert-alkyl or cyclic N) is 1. The maximum atomic E-state index is 14.1. The van der Waals surface area contributed by atoms with E-state index in [9.17, 15) is 14.3 Å². The van der Waals surface area contributed by atoms with E-state index in [0.717, 1.165) is 5.69 Å². The zero-order chi connectivity index (χ0) is 22.0. The number of hydrogen-bond donors (Lipinski definition) is 3. The third kappa shape index (κ3) is 4.37. The molecule has 1 fully saturated rings. The zero-order valence-electron chi connectivity index (χ0n) is 16.8. The van der Waals surface area contributed by atoms with E-state index in [1.165, 1.54) is 30.5 Å². The number of nitrogen functional groups attached to an aromatic ring is 1. The van der Waals surface area contributed by atoms with Gasteiger partial charge in [0.2, 0.25) is 0 Å². The molecule has 1 saturated heterocycles. The van der Waals surface area contributed by atoms with Crippen LogP contribution in [0.1, 0.15) is 22.5 Å². The fourth-order valence-corrected chi connectivity index (χ4v) is 3.69. The Balaban J connectivity index is 1.61. The van der Waals surface area contributed by atoms with Gasteiger partial charge in [-0.25, -0.2) is 9.37 Å². The fraction of sp³-hybridized carbons (Fsp3) is 0.273. The molecular weight excluding hydrogens is 399 g/mol. The van der Waals surface area contributed by atoms with E-state index in [4.69, 9.17) is 11.5 Å². The number of aliphatic hydroxyl groups is 1. The summed E-state index contributed by atoms with van der Waals surface area (Å²) < 4.78 is 14.1. The molecule has 0 aromatic carbocycles. The van der Waals surface area contributed by atoms with Crippen LogP contribution in [-0.4, -0.2) is 51.1 Å². The lowest BCUT2D eigenvalue weighted by Gasteiger charge is -2.36. The highest BCUT2D eigenvalue weighted by molar-refractivity contribution is 6.01. The minimum absolute atomic E-state index is 0.00712. The Hall–Kier alpha value is -3.43. The van der Waals surface area contributed by atoms with Gasteiger partial charge in [-0.2, -0.15) is 0 Å². The number of nitrogens with zero attached hydrogens (tertiary/aromatic N) is 4. The first-order valence-corrected chi connectivity index (χ1v) is 9.96. The maximum Gasteiger partial charge on any atom is 0.187 e. The first kappa shape index (κ1) is 20.8. The molecule has 0 radical (unpaired) electrons. The second-order valence-electron chi connectivity index (χ2n) is 7.54. The van der Waals surface area contributed by atoms with Crippen LogP contribution < -0.4 is 16.4 Å². The fourth-order valence-electron chi connectivity index (χ4n) is 3.69. The number of aromatic nitrogens is 3. The van der Waals surface area contributed by atoms with Gasteiger partial charge < -0.3 is 21.5 Å². The molecule has 1 aliphatic rings. The number of piperidine rings is 1. The van der Waals surface area contributed by atoms with Gasteiger partial charge in [0.05, 0.1) is 17.5 Å². The summed E-state index contributed by atoms with van der Waals surface area (Å²) in [5.41, 5.74) is 13.9. The Bertz CT molecular complexity index is 1110. The average Bonchev–Trinajstić information content (AvgIpc) is 2.77. The molecule has 0 amide bonds. The molecule has 31 heavy (non-hydrogen) atoms. The van der Waals surface area contributed by atoms with E-state index < -0.39 is 11.9 Å². The minimum atomic E-state index is -0.646. The van der Waals surface area contributed by atoms with Crippen molar-refractivity contribution in [1.82, 2.24) is 15.0 Å². The summed E-state index contributed by atoms with van der Waals surface area (Å²) >= 11 is 0. The third-order valence-corrected chi connectivity index (χ3v) is 5.40. The summed E-state index contributed by atoms with van der Waals surface area (Å²) in [6.45, 7) is 1.04. The van der Waals surface area contributed by atoms with E-state index >= 15 is 0 Å². The zero-order valence-corrected chi connectivity index (χ0v) is 16.8. The van der Waals surface area contributed by atoms with Crippen LogP contribution in [0.5, 0.6) is 0 Å². The normalized spacial score (nSPS) is 18.7. The summed E-state index contributed by atoms with van der Waals surface area (Å²) in [5, 5.41) is 10.1. The van der Waals surface area contributed by atoms with Crippen molar-refractivity contribution < 1.29 is 14.3 Å². The number of nitrogens with two attached hydrogens (primary N) is 2. The lowest BCUT2D eigenvalue weighted by atomic mass is 10.00. The minimum Gasteiger partial charge on any atom is -0.397 e. The quantitative estimate of drug-likeness (QED) is 0.528. The summed E-state index contributed by atoms with van der Waals surface area (Å²) in [6, 6.07) is 7.37. The van der Waals surface area contributed by atoms with Crippen LogP contribution in [0.4, 0.5) is 15.8 Å². The lowest BCUT2D eigenvalue weighted by Crippen LogP contribution is -2.50. The van der Waals surface area contributed by atoms with E-state index in [-0.39, 0.29) is 41.0 Å². The molecule has 0 spiro atoms. The topological polar surface area (TPSA) is 131 Å². The number of rotatable bonds is 5. The molecule has 3 aromatic heterocycles.